The molecule has 3 aromatic rings. The van der Waals surface area contributed by atoms with E-state index in [0.29, 0.717) is 11.6 Å². The van der Waals surface area contributed by atoms with Gasteiger partial charge in [0.05, 0.1) is 22.7 Å². The smallest absolute Gasteiger partial charge is 0.240 e. The van der Waals surface area contributed by atoms with E-state index in [1.807, 2.05) is 13.2 Å². The normalized spacial score (nSPS) is 11.0. The SMILES string of the molecule is Cn1cc(Sc2nc(NN)nc3[nH]ncc23)cn1. The third kappa shape index (κ3) is 1.89. The van der Waals surface area contributed by atoms with Gasteiger partial charge in [-0.15, -0.1) is 0 Å². The Kier molecular flexibility index (Phi) is 2.61. The molecule has 0 aliphatic rings. The molecule has 92 valence electrons. The molecule has 0 atom stereocenters. The van der Waals surface area contributed by atoms with E-state index in [4.69, 9.17) is 5.84 Å². The summed E-state index contributed by atoms with van der Waals surface area (Å²) in [6, 6.07) is 0. The number of anilines is 1. The number of rotatable bonds is 3. The fourth-order valence-corrected chi connectivity index (χ4v) is 2.43. The predicted octanol–water partition coefficient (Wildman–Crippen LogP) is 0.523. The molecule has 0 aromatic carbocycles. The second-order valence-electron chi connectivity index (χ2n) is 3.58. The molecule has 0 saturated carbocycles. The van der Waals surface area contributed by atoms with Gasteiger partial charge in [-0.05, 0) is 0 Å². The number of aryl methyl sites for hydroxylation is 1. The zero-order chi connectivity index (χ0) is 12.5. The monoisotopic (exact) mass is 262 g/mol. The lowest BCUT2D eigenvalue weighted by molar-refractivity contribution is 0.766. The van der Waals surface area contributed by atoms with Crippen LogP contribution in [0.15, 0.2) is 28.5 Å². The van der Waals surface area contributed by atoms with Crippen molar-refractivity contribution in [3.05, 3.63) is 18.6 Å². The van der Waals surface area contributed by atoms with E-state index >= 15 is 0 Å². The Morgan fingerprint density at radius 2 is 2.28 bits per heavy atom. The summed E-state index contributed by atoms with van der Waals surface area (Å²) in [4.78, 5) is 9.46. The lowest BCUT2D eigenvalue weighted by Crippen LogP contribution is -2.10. The fraction of sp³-hybridized carbons (Fsp3) is 0.111. The molecule has 3 heterocycles. The molecule has 18 heavy (non-hydrogen) atoms. The van der Waals surface area contributed by atoms with Crippen molar-refractivity contribution in [3.63, 3.8) is 0 Å². The van der Waals surface area contributed by atoms with Crippen LogP contribution in [0, 0.1) is 0 Å². The quantitative estimate of drug-likeness (QED) is 0.358. The van der Waals surface area contributed by atoms with Crippen molar-refractivity contribution < 1.29 is 0 Å². The Bertz CT molecular complexity index is 687. The molecule has 0 aliphatic heterocycles. The van der Waals surface area contributed by atoms with Crippen LogP contribution in [0.5, 0.6) is 0 Å². The fourth-order valence-electron chi connectivity index (χ4n) is 1.51. The number of nitrogens with one attached hydrogen (secondary N) is 2. The highest BCUT2D eigenvalue weighted by atomic mass is 32.2. The summed E-state index contributed by atoms with van der Waals surface area (Å²) in [5, 5.41) is 12.5. The molecule has 4 N–H and O–H groups in total. The van der Waals surface area contributed by atoms with Crippen LogP contribution in [0.2, 0.25) is 0 Å². The predicted molar refractivity (Wildman–Crippen MR) is 66.8 cm³/mol. The van der Waals surface area contributed by atoms with Crippen molar-refractivity contribution in [2.24, 2.45) is 12.9 Å². The van der Waals surface area contributed by atoms with Crippen LogP contribution >= 0.6 is 11.8 Å². The Morgan fingerprint density at radius 3 is 3.00 bits per heavy atom. The second-order valence-corrected chi connectivity index (χ2v) is 4.64. The third-order valence-electron chi connectivity index (χ3n) is 2.30. The van der Waals surface area contributed by atoms with E-state index in [1.165, 1.54) is 11.8 Å². The molecule has 0 radical (unpaired) electrons. The maximum absolute atomic E-state index is 5.34. The van der Waals surface area contributed by atoms with Gasteiger partial charge in [0.1, 0.15) is 5.03 Å². The zero-order valence-electron chi connectivity index (χ0n) is 9.45. The van der Waals surface area contributed by atoms with Gasteiger partial charge in [0, 0.05) is 13.2 Å². The number of nitrogen functional groups attached to an aromatic ring is 1. The Balaban J connectivity index is 2.06. The largest absolute Gasteiger partial charge is 0.292 e. The summed E-state index contributed by atoms with van der Waals surface area (Å²) in [5.41, 5.74) is 3.08. The molecular formula is C9H10N8S. The highest BCUT2D eigenvalue weighted by molar-refractivity contribution is 7.99. The van der Waals surface area contributed by atoms with E-state index in [1.54, 1.807) is 17.1 Å². The number of hydrogen-bond acceptors (Lipinski definition) is 7. The minimum Gasteiger partial charge on any atom is -0.292 e. The van der Waals surface area contributed by atoms with Crippen LogP contribution in [0.1, 0.15) is 0 Å². The minimum absolute atomic E-state index is 0.346. The summed E-state index contributed by atoms with van der Waals surface area (Å²) >= 11 is 1.48. The number of fused-ring (bicyclic) bond motifs is 1. The van der Waals surface area contributed by atoms with Crippen LogP contribution in [-0.4, -0.2) is 29.9 Å². The van der Waals surface area contributed by atoms with Gasteiger partial charge in [-0.25, -0.2) is 10.8 Å². The molecule has 9 heteroatoms. The number of aromatic amines is 1. The molecule has 3 rings (SSSR count). The van der Waals surface area contributed by atoms with Crippen molar-refractivity contribution in [3.8, 4) is 0 Å². The maximum atomic E-state index is 5.34. The summed E-state index contributed by atoms with van der Waals surface area (Å²) < 4.78 is 1.73. The van der Waals surface area contributed by atoms with Crippen LogP contribution in [-0.2, 0) is 7.05 Å². The number of nitrogens with two attached hydrogens (primary N) is 1. The summed E-state index contributed by atoms with van der Waals surface area (Å²) in [5.74, 6) is 5.69. The number of H-pyrrole nitrogens is 1. The van der Waals surface area contributed by atoms with E-state index in [9.17, 15) is 0 Å². The second kappa shape index (κ2) is 4.27. The van der Waals surface area contributed by atoms with Crippen LogP contribution in [0.25, 0.3) is 11.0 Å². The standard InChI is InChI=1S/C9H10N8S/c1-17-4-5(2-12-17)18-8-6-3-11-16-7(6)13-9(14-8)15-10/h2-4H,10H2,1H3,(H2,11,13,14,15,16). The minimum atomic E-state index is 0.346. The molecular weight excluding hydrogens is 252 g/mol. The van der Waals surface area contributed by atoms with Crippen LogP contribution < -0.4 is 11.3 Å². The number of hydrazine groups is 1. The van der Waals surface area contributed by atoms with Gasteiger partial charge >= 0.3 is 0 Å². The molecule has 0 unspecified atom stereocenters. The zero-order valence-corrected chi connectivity index (χ0v) is 10.3. The average Bonchev–Trinajstić information content (AvgIpc) is 2.98. The molecule has 8 nitrogen and oxygen atoms in total. The first-order chi connectivity index (χ1) is 8.76. The highest BCUT2D eigenvalue weighted by Gasteiger charge is 2.11. The molecule has 0 fully saturated rings. The van der Waals surface area contributed by atoms with Crippen LogP contribution in [0.4, 0.5) is 5.95 Å². The summed E-state index contributed by atoms with van der Waals surface area (Å²) in [7, 11) is 1.87. The van der Waals surface area contributed by atoms with E-state index in [2.05, 4.69) is 30.7 Å². The molecule has 0 amide bonds. The van der Waals surface area contributed by atoms with Gasteiger partial charge in [0.2, 0.25) is 5.95 Å². The Morgan fingerprint density at radius 1 is 1.39 bits per heavy atom. The summed E-state index contributed by atoms with van der Waals surface area (Å²) in [6.07, 6.45) is 5.37. The van der Waals surface area contributed by atoms with E-state index in [0.717, 1.165) is 15.3 Å². The van der Waals surface area contributed by atoms with Gasteiger partial charge in [-0.2, -0.15) is 15.2 Å². The molecule has 0 spiro atoms. The van der Waals surface area contributed by atoms with Crippen molar-refractivity contribution in [1.29, 1.82) is 0 Å². The van der Waals surface area contributed by atoms with Crippen molar-refractivity contribution in [1.82, 2.24) is 29.9 Å². The van der Waals surface area contributed by atoms with Gasteiger partial charge in [-0.3, -0.25) is 15.2 Å². The van der Waals surface area contributed by atoms with E-state index in [-0.39, 0.29) is 0 Å². The lowest BCUT2D eigenvalue weighted by Gasteiger charge is -2.02. The van der Waals surface area contributed by atoms with Gasteiger partial charge in [-0.1, -0.05) is 11.8 Å². The van der Waals surface area contributed by atoms with Crippen molar-refractivity contribution in [2.45, 2.75) is 9.92 Å². The number of aromatic nitrogens is 6. The highest BCUT2D eigenvalue weighted by Crippen LogP contribution is 2.30. The summed E-state index contributed by atoms with van der Waals surface area (Å²) in [6.45, 7) is 0. The number of nitrogens with zero attached hydrogens (tertiary/aromatic N) is 5. The van der Waals surface area contributed by atoms with Crippen LogP contribution in [0.3, 0.4) is 0 Å². The Labute approximate surface area is 106 Å². The van der Waals surface area contributed by atoms with Gasteiger partial charge in [0.25, 0.3) is 0 Å². The van der Waals surface area contributed by atoms with Gasteiger partial charge in [0.15, 0.2) is 5.65 Å². The first-order valence-corrected chi connectivity index (χ1v) is 5.92. The first-order valence-electron chi connectivity index (χ1n) is 5.10. The van der Waals surface area contributed by atoms with E-state index < -0.39 is 0 Å². The maximum Gasteiger partial charge on any atom is 0.240 e. The molecule has 0 bridgehead atoms. The topological polar surface area (TPSA) is 110 Å². The molecule has 0 aliphatic carbocycles. The number of hydrogen-bond donors (Lipinski definition) is 3. The third-order valence-corrected chi connectivity index (χ3v) is 3.25. The molecule has 3 aromatic heterocycles. The van der Waals surface area contributed by atoms with Gasteiger partial charge < -0.3 is 0 Å². The average molecular weight is 262 g/mol. The first kappa shape index (κ1) is 11.0. The van der Waals surface area contributed by atoms with Crippen molar-refractivity contribution >= 4 is 28.7 Å². The van der Waals surface area contributed by atoms with Crippen molar-refractivity contribution in [2.75, 3.05) is 5.43 Å². The molecule has 0 saturated heterocycles. The lowest BCUT2D eigenvalue weighted by atomic mass is 10.4. The Hall–Kier alpha value is -2.13.